The molecule has 0 saturated heterocycles. The first-order valence-corrected chi connectivity index (χ1v) is 6.37. The van der Waals surface area contributed by atoms with Crippen molar-refractivity contribution in [2.45, 2.75) is 19.9 Å². The molecule has 2 rings (SSSR count). The molecule has 0 amide bonds. The molecule has 2 N–H and O–H groups in total. The summed E-state index contributed by atoms with van der Waals surface area (Å²) in [5.74, 6) is -0.711. The SMILES string of the molecule is Cc1ccc(Oc2c(F)cccc2[C@@H](C)N)c([N+](=O)[O-])c1. The molecule has 0 fully saturated rings. The molecule has 0 aromatic heterocycles. The average molecular weight is 290 g/mol. The number of nitro benzene ring substituents is 1. The maximum absolute atomic E-state index is 14.0. The number of nitro groups is 1. The van der Waals surface area contributed by atoms with Gasteiger partial charge in [-0.1, -0.05) is 18.2 Å². The van der Waals surface area contributed by atoms with E-state index in [1.165, 1.54) is 24.3 Å². The summed E-state index contributed by atoms with van der Waals surface area (Å²) in [7, 11) is 0. The number of hydrogen-bond acceptors (Lipinski definition) is 4. The number of hydrogen-bond donors (Lipinski definition) is 1. The van der Waals surface area contributed by atoms with Gasteiger partial charge in [0.05, 0.1) is 4.92 Å². The Labute approximate surface area is 121 Å². The zero-order valence-electron chi connectivity index (χ0n) is 11.7. The molecule has 0 radical (unpaired) electrons. The van der Waals surface area contributed by atoms with Gasteiger partial charge in [-0.2, -0.15) is 0 Å². The van der Waals surface area contributed by atoms with Crippen LogP contribution in [0.4, 0.5) is 10.1 Å². The highest BCUT2D eigenvalue weighted by Gasteiger charge is 2.20. The lowest BCUT2D eigenvalue weighted by Crippen LogP contribution is -2.08. The lowest BCUT2D eigenvalue weighted by molar-refractivity contribution is -0.385. The molecule has 0 bridgehead atoms. The number of ether oxygens (including phenoxy) is 1. The molecular weight excluding hydrogens is 275 g/mol. The molecule has 2 aromatic carbocycles. The van der Waals surface area contributed by atoms with Crippen molar-refractivity contribution >= 4 is 5.69 Å². The fourth-order valence-corrected chi connectivity index (χ4v) is 1.96. The first-order valence-electron chi connectivity index (χ1n) is 6.37. The molecular formula is C15H15FN2O3. The maximum Gasteiger partial charge on any atom is 0.311 e. The third-order valence-electron chi connectivity index (χ3n) is 3.01. The zero-order valence-corrected chi connectivity index (χ0v) is 11.7. The minimum absolute atomic E-state index is 0.0161. The van der Waals surface area contributed by atoms with Crippen LogP contribution in [-0.4, -0.2) is 4.92 Å². The number of para-hydroxylation sites is 1. The Hall–Kier alpha value is -2.47. The van der Waals surface area contributed by atoms with E-state index in [1.54, 1.807) is 26.0 Å². The van der Waals surface area contributed by atoms with E-state index in [0.717, 1.165) is 5.56 Å². The molecule has 0 unspecified atom stereocenters. The maximum atomic E-state index is 14.0. The van der Waals surface area contributed by atoms with Crippen molar-refractivity contribution in [3.05, 3.63) is 63.5 Å². The molecule has 0 spiro atoms. The van der Waals surface area contributed by atoms with Crippen molar-refractivity contribution in [3.63, 3.8) is 0 Å². The van der Waals surface area contributed by atoms with Crippen LogP contribution in [0.5, 0.6) is 11.5 Å². The summed E-state index contributed by atoms with van der Waals surface area (Å²) < 4.78 is 19.4. The molecule has 2 aromatic rings. The second kappa shape index (κ2) is 5.88. The fourth-order valence-electron chi connectivity index (χ4n) is 1.96. The molecule has 5 nitrogen and oxygen atoms in total. The van der Waals surface area contributed by atoms with Crippen LogP contribution in [-0.2, 0) is 0 Å². The van der Waals surface area contributed by atoms with Gasteiger partial charge in [0.25, 0.3) is 0 Å². The van der Waals surface area contributed by atoms with Gasteiger partial charge in [-0.3, -0.25) is 10.1 Å². The lowest BCUT2D eigenvalue weighted by atomic mass is 10.1. The van der Waals surface area contributed by atoms with Gasteiger partial charge in [-0.15, -0.1) is 0 Å². The second-order valence-electron chi connectivity index (χ2n) is 4.78. The summed E-state index contributed by atoms with van der Waals surface area (Å²) in [6.45, 7) is 3.42. The summed E-state index contributed by atoms with van der Waals surface area (Å²) in [6.07, 6.45) is 0. The monoisotopic (exact) mass is 290 g/mol. The summed E-state index contributed by atoms with van der Waals surface area (Å²) in [5.41, 5.74) is 6.73. The summed E-state index contributed by atoms with van der Waals surface area (Å²) >= 11 is 0. The molecule has 0 heterocycles. The predicted octanol–water partition coefficient (Wildman–Crippen LogP) is 3.85. The molecule has 0 saturated carbocycles. The minimum Gasteiger partial charge on any atom is -0.447 e. The largest absolute Gasteiger partial charge is 0.447 e. The van der Waals surface area contributed by atoms with Crippen LogP contribution in [0, 0.1) is 22.9 Å². The van der Waals surface area contributed by atoms with Crippen LogP contribution < -0.4 is 10.5 Å². The van der Waals surface area contributed by atoms with Gasteiger partial charge in [0.1, 0.15) is 0 Å². The summed E-state index contributed by atoms with van der Waals surface area (Å²) in [4.78, 5) is 10.5. The van der Waals surface area contributed by atoms with Crippen LogP contribution in [0.25, 0.3) is 0 Å². The normalized spacial score (nSPS) is 12.0. The Kier molecular flexibility index (Phi) is 4.18. The number of nitrogens with zero attached hydrogens (tertiary/aromatic N) is 1. The molecule has 0 aliphatic rings. The third-order valence-corrected chi connectivity index (χ3v) is 3.01. The van der Waals surface area contributed by atoms with Gasteiger partial charge < -0.3 is 10.5 Å². The van der Waals surface area contributed by atoms with Crippen LogP contribution >= 0.6 is 0 Å². The lowest BCUT2D eigenvalue weighted by Gasteiger charge is -2.14. The predicted molar refractivity (Wildman–Crippen MR) is 76.9 cm³/mol. The highest BCUT2D eigenvalue weighted by atomic mass is 19.1. The smallest absolute Gasteiger partial charge is 0.311 e. The highest BCUT2D eigenvalue weighted by molar-refractivity contribution is 5.51. The summed E-state index contributed by atoms with van der Waals surface area (Å²) in [5, 5.41) is 11.1. The number of aryl methyl sites for hydroxylation is 1. The number of halogens is 1. The van der Waals surface area contributed by atoms with Crippen LogP contribution in [0.2, 0.25) is 0 Å². The van der Waals surface area contributed by atoms with E-state index in [0.29, 0.717) is 5.56 Å². The van der Waals surface area contributed by atoms with Crippen LogP contribution in [0.15, 0.2) is 36.4 Å². The minimum atomic E-state index is -0.611. The van der Waals surface area contributed by atoms with Crippen LogP contribution in [0.1, 0.15) is 24.1 Å². The highest BCUT2D eigenvalue weighted by Crippen LogP contribution is 2.36. The van der Waals surface area contributed by atoms with Crippen molar-refractivity contribution in [1.29, 1.82) is 0 Å². The van der Waals surface area contributed by atoms with Crippen molar-refractivity contribution < 1.29 is 14.1 Å². The van der Waals surface area contributed by atoms with E-state index >= 15 is 0 Å². The first kappa shape index (κ1) is 14.9. The van der Waals surface area contributed by atoms with E-state index < -0.39 is 16.8 Å². The quantitative estimate of drug-likeness (QED) is 0.685. The van der Waals surface area contributed by atoms with Gasteiger partial charge in [0.15, 0.2) is 11.6 Å². The third kappa shape index (κ3) is 3.17. The number of rotatable bonds is 4. The average Bonchev–Trinajstić information content (AvgIpc) is 2.42. The van der Waals surface area contributed by atoms with Gasteiger partial charge in [-0.25, -0.2) is 4.39 Å². The molecule has 110 valence electrons. The molecule has 6 heteroatoms. The van der Waals surface area contributed by atoms with Crippen molar-refractivity contribution in [3.8, 4) is 11.5 Å². The molecule has 0 aliphatic heterocycles. The standard InChI is InChI=1S/C15H15FN2O3/c1-9-6-7-14(13(8-9)18(19)20)21-15-11(10(2)17)4-3-5-12(15)16/h3-8,10H,17H2,1-2H3/t10-/m1/s1. The number of nitrogens with two attached hydrogens (primary N) is 1. The Balaban J connectivity index is 2.51. The van der Waals surface area contributed by atoms with E-state index in [1.807, 2.05) is 0 Å². The Morgan fingerprint density at radius 3 is 2.67 bits per heavy atom. The van der Waals surface area contributed by atoms with E-state index in [4.69, 9.17) is 10.5 Å². The topological polar surface area (TPSA) is 78.4 Å². The van der Waals surface area contributed by atoms with E-state index in [9.17, 15) is 14.5 Å². The van der Waals surface area contributed by atoms with Gasteiger partial charge in [0.2, 0.25) is 5.75 Å². The molecule has 21 heavy (non-hydrogen) atoms. The Morgan fingerprint density at radius 2 is 2.05 bits per heavy atom. The van der Waals surface area contributed by atoms with Crippen LogP contribution in [0.3, 0.4) is 0 Å². The molecule has 0 aliphatic carbocycles. The van der Waals surface area contributed by atoms with Crippen molar-refractivity contribution in [2.75, 3.05) is 0 Å². The van der Waals surface area contributed by atoms with Gasteiger partial charge in [-0.05, 0) is 31.5 Å². The van der Waals surface area contributed by atoms with E-state index in [2.05, 4.69) is 0 Å². The van der Waals surface area contributed by atoms with Crippen molar-refractivity contribution in [2.24, 2.45) is 5.73 Å². The first-order chi connectivity index (χ1) is 9.90. The second-order valence-corrected chi connectivity index (χ2v) is 4.78. The van der Waals surface area contributed by atoms with Gasteiger partial charge in [0, 0.05) is 17.7 Å². The summed E-state index contributed by atoms with van der Waals surface area (Å²) in [6, 6.07) is 8.40. The Bertz CT molecular complexity index is 687. The zero-order chi connectivity index (χ0) is 15.6. The Morgan fingerprint density at radius 1 is 1.33 bits per heavy atom. The van der Waals surface area contributed by atoms with Crippen molar-refractivity contribution in [1.82, 2.24) is 0 Å². The van der Waals surface area contributed by atoms with Gasteiger partial charge >= 0.3 is 5.69 Å². The fraction of sp³-hybridized carbons (Fsp3) is 0.200. The van der Waals surface area contributed by atoms with E-state index in [-0.39, 0.29) is 17.2 Å². The molecule has 1 atom stereocenters. The number of benzene rings is 2.